The van der Waals surface area contributed by atoms with E-state index in [1.54, 1.807) is 48.5 Å². The van der Waals surface area contributed by atoms with Crippen LogP contribution in [0.4, 0.5) is 11.4 Å². The third-order valence-corrected chi connectivity index (χ3v) is 6.61. The molecule has 0 unspecified atom stereocenters. The molecule has 0 spiro atoms. The van der Waals surface area contributed by atoms with Crippen molar-refractivity contribution in [1.29, 1.82) is 0 Å². The summed E-state index contributed by atoms with van der Waals surface area (Å²) in [5, 5.41) is 3.16. The molecule has 144 valence electrons. The lowest BCUT2D eigenvalue weighted by Crippen LogP contribution is -2.38. The number of rotatable bonds is 6. The van der Waals surface area contributed by atoms with Gasteiger partial charge in [-0.25, -0.2) is 8.42 Å². The van der Waals surface area contributed by atoms with E-state index >= 15 is 0 Å². The van der Waals surface area contributed by atoms with Crippen molar-refractivity contribution in [3.05, 3.63) is 88.4 Å². The minimum atomic E-state index is -3.97. The van der Waals surface area contributed by atoms with Crippen LogP contribution in [0.15, 0.2) is 88.2 Å². The summed E-state index contributed by atoms with van der Waals surface area (Å²) in [6, 6.07) is 21.4. The molecule has 1 N–H and O–H groups in total. The predicted octanol–water partition coefficient (Wildman–Crippen LogP) is 4.94. The van der Waals surface area contributed by atoms with Gasteiger partial charge in [0.1, 0.15) is 6.54 Å². The van der Waals surface area contributed by atoms with E-state index in [0.29, 0.717) is 20.9 Å². The molecular formula is C20H16BrClN2O3S. The summed E-state index contributed by atoms with van der Waals surface area (Å²) < 4.78 is 28.2. The van der Waals surface area contributed by atoms with Gasteiger partial charge in [0.15, 0.2) is 0 Å². The zero-order valence-electron chi connectivity index (χ0n) is 14.5. The average molecular weight is 480 g/mol. The van der Waals surface area contributed by atoms with E-state index in [2.05, 4.69) is 21.2 Å². The van der Waals surface area contributed by atoms with Crippen molar-refractivity contribution in [3.8, 4) is 0 Å². The Bertz CT molecular complexity index is 1070. The second-order valence-electron chi connectivity index (χ2n) is 5.83. The summed E-state index contributed by atoms with van der Waals surface area (Å²) in [4.78, 5) is 12.7. The van der Waals surface area contributed by atoms with E-state index in [-0.39, 0.29) is 11.4 Å². The number of amides is 1. The highest BCUT2D eigenvalue weighted by Gasteiger charge is 2.27. The lowest BCUT2D eigenvalue weighted by molar-refractivity contribution is -0.114. The van der Waals surface area contributed by atoms with Gasteiger partial charge in [0.25, 0.3) is 10.0 Å². The predicted molar refractivity (Wildman–Crippen MR) is 115 cm³/mol. The fourth-order valence-electron chi connectivity index (χ4n) is 2.53. The molecule has 0 atom stereocenters. The van der Waals surface area contributed by atoms with Gasteiger partial charge in [0.2, 0.25) is 5.91 Å². The smallest absolute Gasteiger partial charge is 0.264 e. The fourth-order valence-corrected chi connectivity index (χ4v) is 4.46. The maximum Gasteiger partial charge on any atom is 0.264 e. The van der Waals surface area contributed by atoms with E-state index < -0.39 is 15.9 Å². The van der Waals surface area contributed by atoms with Crippen LogP contribution in [-0.2, 0) is 14.8 Å². The Labute approximate surface area is 177 Å². The number of nitrogens with zero attached hydrogens (tertiary/aromatic N) is 1. The number of hydrogen-bond donors (Lipinski definition) is 1. The van der Waals surface area contributed by atoms with Crippen LogP contribution < -0.4 is 9.62 Å². The van der Waals surface area contributed by atoms with Crippen molar-refractivity contribution >= 4 is 54.8 Å². The van der Waals surface area contributed by atoms with Gasteiger partial charge in [-0.15, -0.1) is 0 Å². The van der Waals surface area contributed by atoms with Crippen LogP contribution in [-0.4, -0.2) is 20.9 Å². The molecule has 0 aliphatic heterocycles. The largest absolute Gasteiger partial charge is 0.323 e. The Morgan fingerprint density at radius 1 is 0.929 bits per heavy atom. The number of carbonyl (C=O) groups is 1. The third kappa shape index (κ3) is 4.73. The Balaban J connectivity index is 1.93. The fraction of sp³-hybridized carbons (Fsp3) is 0.0500. The van der Waals surface area contributed by atoms with Crippen LogP contribution in [0.5, 0.6) is 0 Å². The number of halogens is 2. The van der Waals surface area contributed by atoms with Crippen molar-refractivity contribution in [2.24, 2.45) is 0 Å². The summed E-state index contributed by atoms with van der Waals surface area (Å²) in [6.07, 6.45) is 0. The first-order chi connectivity index (χ1) is 13.4. The monoisotopic (exact) mass is 478 g/mol. The molecule has 3 aromatic rings. The zero-order chi connectivity index (χ0) is 20.1. The van der Waals surface area contributed by atoms with Crippen molar-refractivity contribution < 1.29 is 13.2 Å². The van der Waals surface area contributed by atoms with Crippen molar-refractivity contribution in [1.82, 2.24) is 0 Å². The minimum Gasteiger partial charge on any atom is -0.323 e. The Morgan fingerprint density at radius 2 is 1.54 bits per heavy atom. The van der Waals surface area contributed by atoms with Gasteiger partial charge in [-0.2, -0.15) is 0 Å². The highest BCUT2D eigenvalue weighted by Crippen LogP contribution is 2.25. The third-order valence-electron chi connectivity index (χ3n) is 3.88. The van der Waals surface area contributed by atoms with Gasteiger partial charge in [-0.05, 0) is 64.5 Å². The summed E-state index contributed by atoms with van der Waals surface area (Å²) in [6.45, 7) is -0.379. The number of benzene rings is 3. The first-order valence-corrected chi connectivity index (χ1v) is 10.9. The molecule has 3 rings (SSSR count). The molecule has 0 bridgehead atoms. The van der Waals surface area contributed by atoms with E-state index in [0.717, 1.165) is 4.31 Å². The second kappa shape index (κ2) is 8.77. The molecule has 28 heavy (non-hydrogen) atoms. The van der Waals surface area contributed by atoms with Crippen LogP contribution in [0.1, 0.15) is 0 Å². The van der Waals surface area contributed by atoms with Crippen molar-refractivity contribution in [2.75, 3.05) is 16.2 Å². The number of sulfonamides is 1. The van der Waals surface area contributed by atoms with Gasteiger partial charge in [-0.3, -0.25) is 9.10 Å². The first-order valence-electron chi connectivity index (χ1n) is 8.25. The first kappa shape index (κ1) is 20.4. The molecule has 0 aromatic heterocycles. The standard InChI is InChI=1S/C20H16BrClN2O3S/c21-18-8-4-5-9-19(18)23-20(25)14-24(16-6-2-1-3-7-16)28(26,27)17-12-10-15(22)11-13-17/h1-13H,14H2,(H,23,25). The molecule has 8 heteroatoms. The highest BCUT2D eigenvalue weighted by atomic mass is 79.9. The lowest BCUT2D eigenvalue weighted by atomic mass is 10.3. The van der Waals surface area contributed by atoms with Crippen LogP contribution >= 0.6 is 27.5 Å². The average Bonchev–Trinajstić information content (AvgIpc) is 2.69. The number of hydrogen-bond acceptors (Lipinski definition) is 3. The van der Waals surface area contributed by atoms with Crippen LogP contribution in [0.2, 0.25) is 5.02 Å². The van der Waals surface area contributed by atoms with Gasteiger partial charge >= 0.3 is 0 Å². The summed E-state index contributed by atoms with van der Waals surface area (Å²) in [7, 11) is -3.97. The van der Waals surface area contributed by atoms with Gasteiger partial charge in [0.05, 0.1) is 16.3 Å². The normalized spacial score (nSPS) is 11.1. The Hall–Kier alpha value is -2.35. The van der Waals surface area contributed by atoms with E-state index in [1.165, 1.54) is 24.3 Å². The maximum atomic E-state index is 13.2. The molecule has 0 fully saturated rings. The quantitative estimate of drug-likeness (QED) is 0.545. The number of carbonyl (C=O) groups excluding carboxylic acids is 1. The van der Waals surface area contributed by atoms with Gasteiger partial charge < -0.3 is 5.32 Å². The van der Waals surface area contributed by atoms with E-state index in [9.17, 15) is 13.2 Å². The molecule has 5 nitrogen and oxygen atoms in total. The molecule has 0 saturated carbocycles. The molecule has 0 saturated heterocycles. The Morgan fingerprint density at radius 3 is 2.18 bits per heavy atom. The number of para-hydroxylation sites is 2. The van der Waals surface area contributed by atoms with Gasteiger partial charge in [0, 0.05) is 9.50 Å². The summed E-state index contributed by atoms with van der Waals surface area (Å²) in [5.74, 6) is -0.465. The minimum absolute atomic E-state index is 0.0504. The molecule has 1 amide bonds. The molecule has 0 heterocycles. The molecule has 0 aliphatic rings. The molecule has 0 aliphatic carbocycles. The maximum absolute atomic E-state index is 13.2. The number of anilines is 2. The zero-order valence-corrected chi connectivity index (χ0v) is 17.7. The second-order valence-corrected chi connectivity index (χ2v) is 8.98. The van der Waals surface area contributed by atoms with Crippen LogP contribution in [0.3, 0.4) is 0 Å². The van der Waals surface area contributed by atoms with Crippen LogP contribution in [0, 0.1) is 0 Å². The topological polar surface area (TPSA) is 66.5 Å². The van der Waals surface area contributed by atoms with E-state index in [1.807, 2.05) is 6.07 Å². The van der Waals surface area contributed by atoms with Crippen molar-refractivity contribution in [3.63, 3.8) is 0 Å². The summed E-state index contributed by atoms with van der Waals surface area (Å²) >= 11 is 9.23. The molecule has 3 aromatic carbocycles. The van der Waals surface area contributed by atoms with Gasteiger partial charge in [-0.1, -0.05) is 41.9 Å². The lowest BCUT2D eigenvalue weighted by Gasteiger charge is -2.24. The van der Waals surface area contributed by atoms with E-state index in [4.69, 9.17) is 11.6 Å². The summed E-state index contributed by atoms with van der Waals surface area (Å²) in [5.41, 5.74) is 0.948. The SMILES string of the molecule is O=C(CN(c1ccccc1)S(=O)(=O)c1ccc(Cl)cc1)Nc1ccccc1Br. The molecule has 0 radical (unpaired) electrons. The molecular weight excluding hydrogens is 464 g/mol. The van der Waals surface area contributed by atoms with Crippen molar-refractivity contribution in [2.45, 2.75) is 4.90 Å². The Kier molecular flexibility index (Phi) is 6.39. The highest BCUT2D eigenvalue weighted by molar-refractivity contribution is 9.10. The number of nitrogens with one attached hydrogen (secondary N) is 1. The van der Waals surface area contributed by atoms with Crippen LogP contribution in [0.25, 0.3) is 0 Å².